The Morgan fingerprint density at radius 2 is 1.87 bits per heavy atom. The van der Waals surface area contributed by atoms with E-state index in [-0.39, 0.29) is 11.3 Å². The first-order valence-corrected chi connectivity index (χ1v) is 5.43. The third kappa shape index (κ3) is 3.92. The van der Waals surface area contributed by atoms with E-state index in [1.165, 1.54) is 0 Å². The average molecular weight is 226 g/mol. The van der Waals surface area contributed by atoms with Crippen molar-refractivity contribution in [3.8, 4) is 0 Å². The van der Waals surface area contributed by atoms with Crippen molar-refractivity contribution >= 4 is 17.5 Å². The standard InChI is InChI=1S/C12H16ClNO/c1-8-4-9(2)6-11(5-8)12(15)14-7-10(3)13/h4-6,10H,7H2,1-3H3,(H,14,15). The summed E-state index contributed by atoms with van der Waals surface area (Å²) >= 11 is 5.76. The van der Waals surface area contributed by atoms with E-state index in [4.69, 9.17) is 11.6 Å². The van der Waals surface area contributed by atoms with Gasteiger partial charge in [0.05, 0.1) is 0 Å². The van der Waals surface area contributed by atoms with Crippen molar-refractivity contribution in [1.29, 1.82) is 0 Å². The number of aryl methyl sites for hydroxylation is 2. The number of hydrogen-bond donors (Lipinski definition) is 1. The lowest BCUT2D eigenvalue weighted by molar-refractivity contribution is 0.0953. The van der Waals surface area contributed by atoms with Gasteiger partial charge in [-0.1, -0.05) is 17.2 Å². The molecular formula is C12H16ClNO. The Morgan fingerprint density at radius 1 is 1.33 bits per heavy atom. The van der Waals surface area contributed by atoms with Gasteiger partial charge in [0.25, 0.3) is 5.91 Å². The van der Waals surface area contributed by atoms with Crippen LogP contribution >= 0.6 is 11.6 Å². The van der Waals surface area contributed by atoms with Gasteiger partial charge in [0.15, 0.2) is 0 Å². The Bertz CT molecular complexity index is 340. The summed E-state index contributed by atoms with van der Waals surface area (Å²) in [6, 6.07) is 5.80. The number of amides is 1. The van der Waals surface area contributed by atoms with Crippen LogP contribution in [0.1, 0.15) is 28.4 Å². The molecule has 82 valence electrons. The second-order valence-corrected chi connectivity index (χ2v) is 4.61. The Kier molecular flexibility index (Phi) is 4.15. The van der Waals surface area contributed by atoms with Crippen molar-refractivity contribution in [3.63, 3.8) is 0 Å². The maximum atomic E-state index is 11.7. The topological polar surface area (TPSA) is 29.1 Å². The summed E-state index contributed by atoms with van der Waals surface area (Å²) in [6.07, 6.45) is 0. The molecule has 1 aromatic carbocycles. The number of carbonyl (C=O) groups excluding carboxylic acids is 1. The van der Waals surface area contributed by atoms with E-state index in [1.54, 1.807) is 0 Å². The average Bonchev–Trinajstić information content (AvgIpc) is 2.12. The van der Waals surface area contributed by atoms with Gasteiger partial charge in [-0.25, -0.2) is 0 Å². The van der Waals surface area contributed by atoms with Gasteiger partial charge < -0.3 is 5.32 Å². The fraction of sp³-hybridized carbons (Fsp3) is 0.417. The van der Waals surface area contributed by atoms with Gasteiger partial charge in [-0.3, -0.25) is 4.79 Å². The first kappa shape index (κ1) is 12.1. The number of nitrogens with one attached hydrogen (secondary N) is 1. The first-order chi connectivity index (χ1) is 6.99. The lowest BCUT2D eigenvalue weighted by Crippen LogP contribution is -2.28. The van der Waals surface area contributed by atoms with Crippen LogP contribution in [0.4, 0.5) is 0 Å². The van der Waals surface area contributed by atoms with Gasteiger partial charge in [-0.05, 0) is 32.9 Å². The fourth-order valence-electron chi connectivity index (χ4n) is 1.44. The van der Waals surface area contributed by atoms with Crippen molar-refractivity contribution in [2.24, 2.45) is 0 Å². The van der Waals surface area contributed by atoms with Crippen LogP contribution in [0.3, 0.4) is 0 Å². The van der Waals surface area contributed by atoms with E-state index in [0.29, 0.717) is 12.1 Å². The number of hydrogen-bond acceptors (Lipinski definition) is 1. The molecule has 0 spiro atoms. The molecule has 0 saturated carbocycles. The van der Waals surface area contributed by atoms with Gasteiger partial charge in [-0.2, -0.15) is 0 Å². The Morgan fingerprint density at radius 3 is 2.33 bits per heavy atom. The van der Waals surface area contributed by atoms with Crippen molar-refractivity contribution in [1.82, 2.24) is 5.32 Å². The molecule has 2 nitrogen and oxygen atoms in total. The monoisotopic (exact) mass is 225 g/mol. The van der Waals surface area contributed by atoms with Gasteiger partial charge >= 0.3 is 0 Å². The summed E-state index contributed by atoms with van der Waals surface area (Å²) < 4.78 is 0. The Labute approximate surface area is 95.6 Å². The van der Waals surface area contributed by atoms with Crippen molar-refractivity contribution in [3.05, 3.63) is 34.9 Å². The van der Waals surface area contributed by atoms with Crippen molar-refractivity contribution in [2.45, 2.75) is 26.1 Å². The number of halogens is 1. The maximum absolute atomic E-state index is 11.7. The number of rotatable bonds is 3. The highest BCUT2D eigenvalue weighted by molar-refractivity contribution is 6.20. The van der Waals surface area contributed by atoms with Gasteiger partial charge in [0.2, 0.25) is 0 Å². The minimum absolute atomic E-state index is 0.0418. The molecule has 15 heavy (non-hydrogen) atoms. The third-order valence-corrected chi connectivity index (χ3v) is 2.18. The number of carbonyl (C=O) groups is 1. The summed E-state index contributed by atoms with van der Waals surface area (Å²) in [4.78, 5) is 11.7. The summed E-state index contributed by atoms with van der Waals surface area (Å²) in [5, 5.41) is 2.74. The largest absolute Gasteiger partial charge is 0.351 e. The molecule has 0 aliphatic carbocycles. The predicted octanol–water partition coefficient (Wildman–Crippen LogP) is 2.66. The van der Waals surface area contributed by atoms with Crippen LogP contribution in [0.5, 0.6) is 0 Å². The van der Waals surface area contributed by atoms with Crippen molar-refractivity contribution < 1.29 is 4.79 Å². The molecule has 0 aromatic heterocycles. The van der Waals surface area contributed by atoms with Gasteiger partial charge in [0, 0.05) is 17.5 Å². The third-order valence-electron chi connectivity index (χ3n) is 2.03. The second-order valence-electron chi connectivity index (χ2n) is 3.87. The highest BCUT2D eigenvalue weighted by atomic mass is 35.5. The van der Waals surface area contributed by atoms with Crippen LogP contribution in [-0.4, -0.2) is 17.8 Å². The molecule has 0 saturated heterocycles. The summed E-state index contributed by atoms with van der Waals surface area (Å²) in [5.74, 6) is -0.0608. The zero-order valence-corrected chi connectivity index (χ0v) is 10.1. The fourth-order valence-corrected chi connectivity index (χ4v) is 1.52. The van der Waals surface area contributed by atoms with Crippen LogP contribution in [-0.2, 0) is 0 Å². The van der Waals surface area contributed by atoms with Crippen LogP contribution < -0.4 is 5.32 Å². The molecule has 0 heterocycles. The molecule has 0 aliphatic rings. The molecule has 1 atom stereocenters. The van der Waals surface area contributed by atoms with Crippen LogP contribution in [0.25, 0.3) is 0 Å². The molecular weight excluding hydrogens is 210 g/mol. The van der Waals surface area contributed by atoms with Crippen LogP contribution in [0.2, 0.25) is 0 Å². The van der Waals surface area contributed by atoms with E-state index in [1.807, 2.05) is 39.0 Å². The minimum atomic E-state index is -0.0608. The van der Waals surface area contributed by atoms with Crippen LogP contribution in [0.15, 0.2) is 18.2 Å². The SMILES string of the molecule is Cc1cc(C)cc(C(=O)NCC(C)Cl)c1. The van der Waals surface area contributed by atoms with E-state index in [9.17, 15) is 4.79 Å². The number of benzene rings is 1. The summed E-state index contributed by atoms with van der Waals surface area (Å²) in [6.45, 7) is 6.30. The van der Waals surface area contributed by atoms with Gasteiger partial charge in [-0.15, -0.1) is 11.6 Å². The van der Waals surface area contributed by atoms with Gasteiger partial charge in [0.1, 0.15) is 0 Å². The maximum Gasteiger partial charge on any atom is 0.251 e. The van der Waals surface area contributed by atoms with E-state index < -0.39 is 0 Å². The molecule has 0 fully saturated rings. The summed E-state index contributed by atoms with van der Waals surface area (Å²) in [5.41, 5.74) is 2.89. The number of alkyl halides is 1. The second kappa shape index (κ2) is 5.17. The smallest absolute Gasteiger partial charge is 0.251 e. The highest BCUT2D eigenvalue weighted by Crippen LogP contribution is 2.08. The lowest BCUT2D eigenvalue weighted by Gasteiger charge is -2.07. The first-order valence-electron chi connectivity index (χ1n) is 4.99. The molecule has 1 N–H and O–H groups in total. The van der Waals surface area contributed by atoms with E-state index in [0.717, 1.165) is 11.1 Å². The van der Waals surface area contributed by atoms with Crippen LogP contribution in [0, 0.1) is 13.8 Å². The zero-order valence-electron chi connectivity index (χ0n) is 9.30. The molecule has 0 bridgehead atoms. The predicted molar refractivity (Wildman–Crippen MR) is 63.6 cm³/mol. The molecule has 0 radical (unpaired) electrons. The summed E-state index contributed by atoms with van der Waals surface area (Å²) in [7, 11) is 0. The van der Waals surface area contributed by atoms with Crippen molar-refractivity contribution in [2.75, 3.05) is 6.54 Å². The molecule has 0 aliphatic heterocycles. The quantitative estimate of drug-likeness (QED) is 0.788. The minimum Gasteiger partial charge on any atom is -0.351 e. The van der Waals surface area contributed by atoms with E-state index in [2.05, 4.69) is 5.32 Å². The Balaban J connectivity index is 2.73. The molecule has 1 unspecified atom stereocenters. The zero-order chi connectivity index (χ0) is 11.4. The highest BCUT2D eigenvalue weighted by Gasteiger charge is 2.07. The van der Waals surface area contributed by atoms with E-state index >= 15 is 0 Å². The molecule has 1 rings (SSSR count). The molecule has 1 aromatic rings. The molecule has 3 heteroatoms. The normalized spacial score (nSPS) is 12.3. The molecule has 1 amide bonds. The lowest BCUT2D eigenvalue weighted by atomic mass is 10.1. The Hall–Kier alpha value is -1.02.